The lowest BCUT2D eigenvalue weighted by Gasteiger charge is -2.09. The number of hydrogen-bond donors (Lipinski definition) is 1. The maximum Gasteiger partial charge on any atom is 0.259 e. The first-order valence-corrected chi connectivity index (χ1v) is 7.05. The minimum Gasteiger partial charge on any atom is -0.320 e. The molecule has 5 heteroatoms. The zero-order chi connectivity index (χ0) is 14.8. The molecule has 0 aliphatic rings. The molecule has 0 atom stereocenters. The summed E-state index contributed by atoms with van der Waals surface area (Å²) in [5.41, 5.74) is 1.19. The summed E-state index contributed by atoms with van der Waals surface area (Å²) in [7, 11) is 0. The Morgan fingerprint density at radius 3 is 2.67 bits per heavy atom. The van der Waals surface area contributed by atoms with Crippen LogP contribution in [0.3, 0.4) is 0 Å². The van der Waals surface area contributed by atoms with Gasteiger partial charge in [-0.3, -0.25) is 9.78 Å². The molecule has 0 radical (unpaired) electrons. The molecule has 1 amide bonds. The van der Waals surface area contributed by atoms with Crippen LogP contribution in [-0.2, 0) is 0 Å². The van der Waals surface area contributed by atoms with E-state index < -0.39 is 11.7 Å². The van der Waals surface area contributed by atoms with Gasteiger partial charge in [-0.15, -0.1) is 0 Å². The summed E-state index contributed by atoms with van der Waals surface area (Å²) in [6.07, 6.45) is 1.65. The third-order valence-corrected chi connectivity index (χ3v) is 3.73. The lowest BCUT2D eigenvalue weighted by molar-refractivity contribution is 0.102. The van der Waals surface area contributed by atoms with Gasteiger partial charge in [0.15, 0.2) is 0 Å². The van der Waals surface area contributed by atoms with Crippen molar-refractivity contribution < 1.29 is 9.18 Å². The quantitative estimate of drug-likeness (QED) is 0.749. The molecule has 0 aliphatic carbocycles. The third kappa shape index (κ3) is 2.64. The molecule has 104 valence electrons. The minimum absolute atomic E-state index is 0.0227. The summed E-state index contributed by atoms with van der Waals surface area (Å²) < 4.78 is 14.2. The predicted molar refractivity (Wildman–Crippen MR) is 83.8 cm³/mol. The van der Waals surface area contributed by atoms with Gasteiger partial charge in [0.2, 0.25) is 0 Å². The van der Waals surface area contributed by atoms with Crippen molar-refractivity contribution in [3.63, 3.8) is 0 Å². The fraction of sp³-hybridized carbons (Fsp3) is 0. The van der Waals surface area contributed by atoms with Crippen LogP contribution in [0, 0.1) is 5.82 Å². The molecule has 2 aromatic carbocycles. The van der Waals surface area contributed by atoms with Crippen LogP contribution in [-0.4, -0.2) is 10.9 Å². The van der Waals surface area contributed by atoms with E-state index in [9.17, 15) is 9.18 Å². The van der Waals surface area contributed by atoms with Gasteiger partial charge in [0.05, 0.1) is 16.8 Å². The van der Waals surface area contributed by atoms with Gasteiger partial charge in [-0.2, -0.15) is 0 Å². The van der Waals surface area contributed by atoms with Crippen LogP contribution in [0.1, 0.15) is 10.4 Å². The second-order valence-electron chi connectivity index (χ2n) is 4.43. The van der Waals surface area contributed by atoms with Crippen LogP contribution in [0.2, 0.25) is 0 Å². The Bertz CT molecular complexity index is 810. The Kier molecular flexibility index (Phi) is 3.66. The van der Waals surface area contributed by atoms with Crippen molar-refractivity contribution in [2.24, 2.45) is 0 Å². The maximum atomic E-state index is 13.8. The van der Waals surface area contributed by atoms with E-state index in [2.05, 4.69) is 26.2 Å². The standard InChI is InChI=1S/C16H10BrFN2O/c17-11-6-2-7-12(18)14(11)16(21)20-13-8-1-4-10-5-3-9-19-15(10)13/h1-9H,(H,20,21). The van der Waals surface area contributed by atoms with E-state index in [1.165, 1.54) is 12.1 Å². The van der Waals surface area contributed by atoms with E-state index >= 15 is 0 Å². The summed E-state index contributed by atoms with van der Waals surface area (Å²) in [6.45, 7) is 0. The molecule has 0 saturated heterocycles. The number of amides is 1. The average molecular weight is 345 g/mol. The number of fused-ring (bicyclic) bond motifs is 1. The first-order chi connectivity index (χ1) is 10.2. The van der Waals surface area contributed by atoms with Gasteiger partial charge in [0, 0.05) is 16.1 Å². The number of anilines is 1. The molecule has 0 aliphatic heterocycles. The van der Waals surface area contributed by atoms with E-state index in [1.54, 1.807) is 18.3 Å². The highest BCUT2D eigenvalue weighted by Gasteiger charge is 2.16. The van der Waals surface area contributed by atoms with Crippen LogP contribution < -0.4 is 5.32 Å². The molecule has 0 saturated carbocycles. The Morgan fingerprint density at radius 2 is 1.86 bits per heavy atom. The van der Waals surface area contributed by atoms with Gasteiger partial charge < -0.3 is 5.32 Å². The Hall–Kier alpha value is -2.27. The van der Waals surface area contributed by atoms with Gasteiger partial charge in [0.1, 0.15) is 5.82 Å². The monoisotopic (exact) mass is 344 g/mol. The highest BCUT2D eigenvalue weighted by atomic mass is 79.9. The molecule has 1 aromatic heterocycles. The summed E-state index contributed by atoms with van der Waals surface area (Å²) in [5.74, 6) is -1.09. The molecule has 3 rings (SSSR count). The lowest BCUT2D eigenvalue weighted by Crippen LogP contribution is -2.15. The van der Waals surface area contributed by atoms with Gasteiger partial charge in [-0.1, -0.05) is 24.3 Å². The van der Waals surface area contributed by atoms with Crippen molar-refractivity contribution >= 4 is 38.4 Å². The zero-order valence-electron chi connectivity index (χ0n) is 10.8. The highest BCUT2D eigenvalue weighted by Crippen LogP contribution is 2.24. The van der Waals surface area contributed by atoms with Crippen LogP contribution >= 0.6 is 15.9 Å². The number of halogens is 2. The molecule has 0 spiro atoms. The van der Waals surface area contributed by atoms with Gasteiger partial charge in [-0.05, 0) is 40.2 Å². The fourth-order valence-electron chi connectivity index (χ4n) is 2.10. The van der Waals surface area contributed by atoms with Gasteiger partial charge in [-0.25, -0.2) is 4.39 Å². The number of hydrogen-bond acceptors (Lipinski definition) is 2. The van der Waals surface area contributed by atoms with Crippen molar-refractivity contribution in [3.05, 3.63) is 70.6 Å². The van der Waals surface area contributed by atoms with Crippen molar-refractivity contribution in [1.29, 1.82) is 0 Å². The topological polar surface area (TPSA) is 42.0 Å². The molecule has 21 heavy (non-hydrogen) atoms. The highest BCUT2D eigenvalue weighted by molar-refractivity contribution is 9.10. The molecule has 0 fully saturated rings. The maximum absolute atomic E-state index is 13.8. The number of rotatable bonds is 2. The average Bonchev–Trinajstić information content (AvgIpc) is 2.47. The van der Waals surface area contributed by atoms with Gasteiger partial charge in [0.25, 0.3) is 5.91 Å². The van der Waals surface area contributed by atoms with E-state index in [4.69, 9.17) is 0 Å². The Morgan fingerprint density at radius 1 is 1.10 bits per heavy atom. The smallest absolute Gasteiger partial charge is 0.259 e. The summed E-state index contributed by atoms with van der Waals surface area (Å²) in [4.78, 5) is 16.5. The number of nitrogens with one attached hydrogen (secondary N) is 1. The predicted octanol–water partition coefficient (Wildman–Crippen LogP) is 4.39. The SMILES string of the molecule is O=C(Nc1cccc2cccnc12)c1c(F)cccc1Br. The number of benzene rings is 2. The van der Waals surface area contributed by atoms with Crippen LogP contribution in [0.4, 0.5) is 10.1 Å². The van der Waals surface area contributed by atoms with Crippen LogP contribution in [0.5, 0.6) is 0 Å². The number of para-hydroxylation sites is 1. The number of carbonyl (C=O) groups is 1. The molecule has 3 aromatic rings. The number of nitrogens with zero attached hydrogens (tertiary/aromatic N) is 1. The second kappa shape index (κ2) is 5.61. The molecular weight excluding hydrogens is 335 g/mol. The third-order valence-electron chi connectivity index (χ3n) is 3.07. The first-order valence-electron chi connectivity index (χ1n) is 6.26. The van der Waals surface area contributed by atoms with Crippen molar-refractivity contribution in [2.45, 2.75) is 0 Å². The molecule has 0 unspecified atom stereocenters. The summed E-state index contributed by atoms with van der Waals surface area (Å²) in [5, 5.41) is 3.62. The first kappa shape index (κ1) is 13.7. The largest absolute Gasteiger partial charge is 0.320 e. The summed E-state index contributed by atoms with van der Waals surface area (Å²) >= 11 is 3.19. The lowest BCUT2D eigenvalue weighted by atomic mass is 10.1. The van der Waals surface area contributed by atoms with Crippen LogP contribution in [0.25, 0.3) is 10.9 Å². The Balaban J connectivity index is 2.01. The van der Waals surface area contributed by atoms with E-state index in [0.29, 0.717) is 15.7 Å². The Labute approximate surface area is 128 Å². The number of carbonyl (C=O) groups excluding carboxylic acids is 1. The van der Waals surface area contributed by atoms with Gasteiger partial charge >= 0.3 is 0 Å². The molecule has 1 heterocycles. The number of aromatic nitrogens is 1. The molecule has 3 nitrogen and oxygen atoms in total. The normalized spacial score (nSPS) is 10.6. The minimum atomic E-state index is -0.574. The fourth-order valence-corrected chi connectivity index (χ4v) is 2.63. The van der Waals surface area contributed by atoms with E-state index in [0.717, 1.165) is 5.39 Å². The second-order valence-corrected chi connectivity index (χ2v) is 5.29. The van der Waals surface area contributed by atoms with E-state index in [-0.39, 0.29) is 5.56 Å². The number of pyridine rings is 1. The molecule has 1 N–H and O–H groups in total. The van der Waals surface area contributed by atoms with Crippen LogP contribution in [0.15, 0.2) is 59.2 Å². The molecular formula is C16H10BrFN2O. The summed E-state index contributed by atoms with van der Waals surface area (Å²) in [6, 6.07) is 13.6. The molecule has 0 bridgehead atoms. The van der Waals surface area contributed by atoms with Crippen molar-refractivity contribution in [3.8, 4) is 0 Å². The van der Waals surface area contributed by atoms with E-state index in [1.807, 2.05) is 24.3 Å². The van der Waals surface area contributed by atoms with Crippen molar-refractivity contribution in [2.75, 3.05) is 5.32 Å². The van der Waals surface area contributed by atoms with Crippen molar-refractivity contribution in [1.82, 2.24) is 4.98 Å². The zero-order valence-corrected chi connectivity index (χ0v) is 12.4.